The van der Waals surface area contributed by atoms with E-state index in [0.717, 1.165) is 25.7 Å². The maximum absolute atomic E-state index is 10.0. The summed E-state index contributed by atoms with van der Waals surface area (Å²) >= 11 is 0. The van der Waals surface area contributed by atoms with E-state index in [1.165, 1.54) is 186 Å². The molecule has 0 aromatic rings. The molecule has 16 heteroatoms. The fourth-order valence-corrected chi connectivity index (χ4v) is 7.08. The Morgan fingerprint density at radius 1 is 0.323 bits per heavy atom. The summed E-state index contributed by atoms with van der Waals surface area (Å²) < 4.78 is 6.24. The van der Waals surface area contributed by atoms with Crippen LogP contribution < -0.4 is 0 Å². The van der Waals surface area contributed by atoms with Gasteiger partial charge in [0.25, 0.3) is 0 Å². The Bertz CT molecular complexity index is 760. The minimum Gasteiger partial charge on any atom is -0.396 e. The number of ether oxygens (including phenoxy) is 1. The van der Waals surface area contributed by atoms with Crippen molar-refractivity contribution in [1.29, 1.82) is 0 Å². The molecule has 1 unspecified atom stereocenters. The number of aliphatic hydroxyl groups is 7. The first-order chi connectivity index (χ1) is 29.9. The fraction of sp³-hybridized carbons (Fsp3) is 1.00. The molecule has 0 amide bonds. The average molecular weight is 941 g/mol. The first-order valence-corrected chi connectivity index (χ1v) is 26.9. The molecule has 0 bridgehead atoms. The second-order valence-corrected chi connectivity index (χ2v) is 18.3. The van der Waals surface area contributed by atoms with E-state index >= 15 is 0 Å². The van der Waals surface area contributed by atoms with E-state index in [1.54, 1.807) is 0 Å². The highest BCUT2D eigenvalue weighted by atomic mass is 31.2. The number of hydrogen-bond acceptors (Lipinski definition) is 14. The van der Waals surface area contributed by atoms with E-state index in [1.807, 2.05) is 0 Å². The molecule has 0 aliphatic heterocycles. The summed E-state index contributed by atoms with van der Waals surface area (Å²) in [6.45, 7) is 2.90. The zero-order valence-electron chi connectivity index (χ0n) is 39.7. The zero-order valence-corrected chi connectivity index (χ0v) is 41.5. The van der Waals surface area contributed by atoms with E-state index in [4.69, 9.17) is 54.5 Å². The van der Waals surface area contributed by atoms with Gasteiger partial charge in [0.15, 0.2) is 0 Å². The molecule has 13 N–H and O–H groups in total. The lowest BCUT2D eigenvalue weighted by Gasteiger charge is -2.36. The van der Waals surface area contributed by atoms with Gasteiger partial charge in [-0.25, -0.2) is 0 Å². The van der Waals surface area contributed by atoms with Crippen molar-refractivity contribution in [2.45, 2.75) is 232 Å². The van der Waals surface area contributed by atoms with Crippen molar-refractivity contribution in [3.8, 4) is 0 Å². The first-order valence-electron chi connectivity index (χ1n) is 24.5. The van der Waals surface area contributed by atoms with Crippen molar-refractivity contribution < 1.29 is 69.8 Å². The minimum atomic E-state index is -2.62. The summed E-state index contributed by atoms with van der Waals surface area (Å²) in [6, 6.07) is 0. The van der Waals surface area contributed by atoms with Gasteiger partial charge in [0.05, 0.1) is 63.2 Å². The quantitative estimate of drug-likeness (QED) is 0.0202. The molecule has 0 spiro atoms. The number of hydrogen-bond donors (Lipinski definition) is 13. The van der Waals surface area contributed by atoms with Crippen LogP contribution in [0.25, 0.3) is 0 Å². The smallest absolute Gasteiger partial charge is 0.324 e. The molecule has 62 heavy (non-hydrogen) atoms. The standard InChI is InChI=1S/C41H84O4.C5H12O4.2H3O3P/c1-3-5-7-9-11-13-15-17-19-21-23-25-27-29-31-33-35-40(41(37-42,38-43)39-44)45-36-34-32-30-28-26-24-22-20-18-16-14-12-10-8-6-4-2;6-1-5(2-7,3-8)4-9;2*1-4(2)3/h40,42-44H,3-39H2,1-2H3;6-9H,1-4H2;2*1-3H. The van der Waals surface area contributed by atoms with Gasteiger partial charge in [-0.1, -0.05) is 213 Å². The van der Waals surface area contributed by atoms with E-state index in [9.17, 15) is 15.3 Å². The van der Waals surface area contributed by atoms with E-state index < -0.39 is 54.5 Å². The number of aliphatic hydroxyl groups excluding tert-OH is 7. The SMILES string of the molecule is CCCCCCCCCCCCCCCCCCOC(CCCCCCCCCCCCCCCCCC)C(CO)(CO)CO.OCC(CO)(CO)CO.OP(O)O.OP(O)O. The van der Waals surface area contributed by atoms with Gasteiger partial charge in [-0.2, -0.15) is 0 Å². The van der Waals surface area contributed by atoms with Crippen molar-refractivity contribution in [2.75, 3.05) is 52.9 Å². The highest BCUT2D eigenvalue weighted by Gasteiger charge is 2.38. The van der Waals surface area contributed by atoms with Crippen LogP contribution in [0.15, 0.2) is 0 Å². The maximum atomic E-state index is 10.0. The highest BCUT2D eigenvalue weighted by molar-refractivity contribution is 7.38. The Labute approximate surface area is 381 Å². The van der Waals surface area contributed by atoms with Gasteiger partial charge in [-0.05, 0) is 12.8 Å². The van der Waals surface area contributed by atoms with Gasteiger partial charge >= 0.3 is 17.2 Å². The molecule has 0 rings (SSSR count). The molecule has 0 fully saturated rings. The zero-order chi connectivity index (χ0) is 47.4. The Balaban J connectivity index is -0.000000824. The van der Waals surface area contributed by atoms with Gasteiger partial charge in [0.1, 0.15) is 0 Å². The van der Waals surface area contributed by atoms with Crippen LogP contribution in [-0.4, -0.2) is 124 Å². The molecule has 380 valence electrons. The van der Waals surface area contributed by atoms with Crippen molar-refractivity contribution >= 4 is 17.2 Å². The summed E-state index contributed by atoms with van der Waals surface area (Å²) in [7, 11) is -5.24. The summed E-state index contributed by atoms with van der Waals surface area (Å²) in [4.78, 5) is 43.4. The lowest BCUT2D eigenvalue weighted by molar-refractivity contribution is -0.117. The molecule has 0 saturated heterocycles. The van der Waals surface area contributed by atoms with Crippen LogP contribution >= 0.6 is 17.2 Å². The minimum absolute atomic E-state index is 0.234. The van der Waals surface area contributed by atoms with Gasteiger partial charge in [-0.15, -0.1) is 0 Å². The van der Waals surface area contributed by atoms with E-state index in [2.05, 4.69) is 13.8 Å². The van der Waals surface area contributed by atoms with Crippen molar-refractivity contribution in [2.24, 2.45) is 10.8 Å². The van der Waals surface area contributed by atoms with Gasteiger partial charge < -0.3 is 69.8 Å². The third-order valence-electron chi connectivity index (χ3n) is 11.6. The maximum Gasteiger partial charge on any atom is 0.324 e. The molecule has 0 heterocycles. The van der Waals surface area contributed by atoms with Crippen LogP contribution in [0, 0.1) is 10.8 Å². The monoisotopic (exact) mass is 941 g/mol. The number of rotatable bonds is 43. The summed E-state index contributed by atoms with van der Waals surface area (Å²) in [5, 5.41) is 64.1. The van der Waals surface area contributed by atoms with Crippen LogP contribution in [0.1, 0.15) is 226 Å². The predicted molar refractivity (Wildman–Crippen MR) is 255 cm³/mol. The highest BCUT2D eigenvalue weighted by Crippen LogP contribution is 2.28. The third kappa shape index (κ3) is 51.3. The lowest BCUT2D eigenvalue weighted by Crippen LogP contribution is -2.46. The Kier molecular flexibility index (Phi) is 61.8. The number of unbranched alkanes of at least 4 members (excludes halogenated alkanes) is 30. The van der Waals surface area contributed by atoms with Crippen LogP contribution in [0.2, 0.25) is 0 Å². The summed E-state index contributed by atoms with van der Waals surface area (Å²) in [5.41, 5.74) is -2.05. The van der Waals surface area contributed by atoms with Crippen LogP contribution in [-0.2, 0) is 4.74 Å². The molecule has 0 aliphatic carbocycles. The van der Waals surface area contributed by atoms with E-state index in [-0.39, 0.29) is 25.9 Å². The molecule has 0 aromatic carbocycles. The average Bonchev–Trinajstić information content (AvgIpc) is 3.26. The molecule has 0 aromatic heterocycles. The molecule has 1 atom stereocenters. The Hall–Kier alpha value is 0.300. The van der Waals surface area contributed by atoms with Crippen LogP contribution in [0.4, 0.5) is 0 Å². The topological polar surface area (TPSA) is 272 Å². The predicted octanol–water partition coefficient (Wildman–Crippen LogP) is 8.57. The van der Waals surface area contributed by atoms with Crippen molar-refractivity contribution in [3.63, 3.8) is 0 Å². The molecule has 0 aliphatic rings. The van der Waals surface area contributed by atoms with Gasteiger partial charge in [0, 0.05) is 6.61 Å². The van der Waals surface area contributed by atoms with Gasteiger partial charge in [0.2, 0.25) is 0 Å². The van der Waals surface area contributed by atoms with Crippen LogP contribution in [0.5, 0.6) is 0 Å². The second kappa shape index (κ2) is 55.6. The van der Waals surface area contributed by atoms with Gasteiger partial charge in [-0.3, -0.25) is 0 Å². The molecule has 14 nitrogen and oxygen atoms in total. The normalized spacial score (nSPS) is 12.1. The van der Waals surface area contributed by atoms with Crippen molar-refractivity contribution in [1.82, 2.24) is 0 Å². The first kappa shape index (κ1) is 68.9. The largest absolute Gasteiger partial charge is 0.396 e. The lowest BCUT2D eigenvalue weighted by atomic mass is 9.81. The molecule has 0 saturated carbocycles. The summed E-state index contributed by atoms with van der Waals surface area (Å²) in [6.07, 6.45) is 43.7. The fourth-order valence-electron chi connectivity index (χ4n) is 7.08. The molecular formula is C46H102O14P2. The third-order valence-corrected chi connectivity index (χ3v) is 11.6. The second-order valence-electron chi connectivity index (χ2n) is 17.3. The van der Waals surface area contributed by atoms with E-state index in [0.29, 0.717) is 6.61 Å². The summed E-state index contributed by atoms with van der Waals surface area (Å²) in [5.74, 6) is 0. The van der Waals surface area contributed by atoms with Crippen LogP contribution in [0.3, 0.4) is 0 Å². The Morgan fingerprint density at radius 2 is 0.532 bits per heavy atom. The molecule has 0 radical (unpaired) electrons. The molecular weight excluding hydrogens is 838 g/mol. The Morgan fingerprint density at radius 3 is 0.726 bits per heavy atom. The van der Waals surface area contributed by atoms with Crippen molar-refractivity contribution in [3.05, 3.63) is 0 Å².